The zero-order chi connectivity index (χ0) is 15.4. The van der Waals surface area contributed by atoms with Gasteiger partial charge < -0.3 is 10.0 Å². The topological polar surface area (TPSA) is 57.6 Å². The summed E-state index contributed by atoms with van der Waals surface area (Å²) in [4.78, 5) is 25.7. The number of aliphatic carboxylic acids is 1. The molecule has 0 aliphatic heterocycles. The summed E-state index contributed by atoms with van der Waals surface area (Å²) >= 11 is 0. The predicted octanol–water partition coefficient (Wildman–Crippen LogP) is 3.30. The number of hydrogen-bond acceptors (Lipinski definition) is 2. The Morgan fingerprint density at radius 1 is 1.05 bits per heavy atom. The monoisotopic (exact) mass is 295 g/mol. The third-order valence-electron chi connectivity index (χ3n) is 5.66. The summed E-state index contributed by atoms with van der Waals surface area (Å²) in [6.45, 7) is 2.24. The highest BCUT2D eigenvalue weighted by Crippen LogP contribution is 2.33. The number of carboxylic acid groups (broad SMARTS) is 1. The van der Waals surface area contributed by atoms with Crippen LogP contribution in [-0.2, 0) is 9.59 Å². The van der Waals surface area contributed by atoms with Gasteiger partial charge in [0.15, 0.2) is 0 Å². The lowest BCUT2D eigenvalue weighted by atomic mass is 9.79. The molecule has 0 aromatic rings. The molecule has 0 radical (unpaired) electrons. The normalized spacial score (nSPS) is 33.4. The van der Waals surface area contributed by atoms with Crippen LogP contribution in [0.1, 0.15) is 64.7 Å². The Hall–Kier alpha value is -1.06. The van der Waals surface area contributed by atoms with E-state index in [2.05, 4.69) is 6.92 Å². The summed E-state index contributed by atoms with van der Waals surface area (Å²) in [5, 5.41) is 9.16. The Morgan fingerprint density at radius 2 is 1.67 bits per heavy atom. The van der Waals surface area contributed by atoms with Crippen molar-refractivity contribution >= 4 is 11.9 Å². The minimum absolute atomic E-state index is 0.0752. The van der Waals surface area contributed by atoms with E-state index in [9.17, 15) is 9.59 Å². The number of rotatable bonds is 4. The number of carbonyl (C=O) groups is 2. The third kappa shape index (κ3) is 3.98. The lowest BCUT2D eigenvalue weighted by Gasteiger charge is -2.37. The molecule has 120 valence electrons. The summed E-state index contributed by atoms with van der Waals surface area (Å²) in [6.07, 6.45) is 8.88. The van der Waals surface area contributed by atoms with Crippen LogP contribution in [0.15, 0.2) is 0 Å². The molecule has 2 rings (SSSR count). The minimum Gasteiger partial charge on any atom is -0.481 e. The van der Waals surface area contributed by atoms with Crippen molar-refractivity contribution in [2.45, 2.75) is 70.8 Å². The lowest BCUT2D eigenvalue weighted by molar-refractivity contribution is -0.146. The van der Waals surface area contributed by atoms with Crippen molar-refractivity contribution in [1.29, 1.82) is 0 Å². The fourth-order valence-corrected chi connectivity index (χ4v) is 4.05. The molecular formula is C17H29NO3. The van der Waals surface area contributed by atoms with Crippen LogP contribution in [0.2, 0.25) is 0 Å². The van der Waals surface area contributed by atoms with Crippen molar-refractivity contribution in [3.63, 3.8) is 0 Å². The highest BCUT2D eigenvalue weighted by Gasteiger charge is 2.34. The van der Waals surface area contributed by atoms with Gasteiger partial charge in [-0.05, 0) is 50.9 Å². The molecule has 2 unspecified atom stereocenters. The number of hydrogen-bond donors (Lipinski definition) is 1. The van der Waals surface area contributed by atoms with Gasteiger partial charge in [0.2, 0.25) is 5.91 Å². The van der Waals surface area contributed by atoms with Gasteiger partial charge in [0.25, 0.3) is 0 Å². The number of amides is 1. The first-order valence-electron chi connectivity index (χ1n) is 8.52. The van der Waals surface area contributed by atoms with Gasteiger partial charge in [0, 0.05) is 19.0 Å². The quantitative estimate of drug-likeness (QED) is 0.865. The molecule has 4 heteroatoms. The van der Waals surface area contributed by atoms with Crippen LogP contribution in [-0.4, -0.2) is 35.0 Å². The van der Waals surface area contributed by atoms with Gasteiger partial charge in [-0.25, -0.2) is 0 Å². The molecule has 2 aliphatic rings. The molecule has 1 amide bonds. The maximum Gasteiger partial charge on any atom is 0.306 e. The molecule has 0 aromatic heterocycles. The van der Waals surface area contributed by atoms with Crippen molar-refractivity contribution in [2.75, 3.05) is 7.05 Å². The average Bonchev–Trinajstić information content (AvgIpc) is 2.53. The van der Waals surface area contributed by atoms with E-state index in [1.807, 2.05) is 11.9 Å². The number of nitrogens with zero attached hydrogens (tertiary/aromatic N) is 1. The van der Waals surface area contributed by atoms with Crippen molar-refractivity contribution in [3.8, 4) is 0 Å². The molecule has 0 bridgehead atoms. The van der Waals surface area contributed by atoms with Crippen LogP contribution < -0.4 is 0 Å². The van der Waals surface area contributed by atoms with E-state index in [0.29, 0.717) is 12.5 Å². The molecule has 4 nitrogen and oxygen atoms in total. The van der Waals surface area contributed by atoms with E-state index < -0.39 is 5.97 Å². The van der Waals surface area contributed by atoms with E-state index in [1.165, 1.54) is 19.3 Å². The molecule has 0 saturated heterocycles. The maximum absolute atomic E-state index is 12.6. The molecule has 0 heterocycles. The van der Waals surface area contributed by atoms with Crippen LogP contribution in [0.4, 0.5) is 0 Å². The van der Waals surface area contributed by atoms with E-state index >= 15 is 0 Å². The first-order valence-corrected chi connectivity index (χ1v) is 8.52. The zero-order valence-electron chi connectivity index (χ0n) is 13.4. The molecule has 2 fully saturated rings. The summed E-state index contributed by atoms with van der Waals surface area (Å²) in [5.41, 5.74) is 0. The maximum atomic E-state index is 12.6. The molecule has 1 N–H and O–H groups in total. The minimum atomic E-state index is -0.737. The zero-order valence-corrected chi connectivity index (χ0v) is 13.4. The Kier molecular flexibility index (Phi) is 5.65. The van der Waals surface area contributed by atoms with Crippen molar-refractivity contribution in [2.24, 2.45) is 17.8 Å². The Balaban J connectivity index is 1.88. The van der Waals surface area contributed by atoms with Gasteiger partial charge in [0.1, 0.15) is 0 Å². The summed E-state index contributed by atoms with van der Waals surface area (Å²) in [5.74, 6) is -0.124. The highest BCUT2D eigenvalue weighted by molar-refractivity contribution is 5.80. The highest BCUT2D eigenvalue weighted by atomic mass is 16.4. The molecule has 0 spiro atoms. The number of carbonyl (C=O) groups excluding carboxylic acids is 1. The molecule has 2 atom stereocenters. The van der Waals surface area contributed by atoms with Crippen LogP contribution >= 0.6 is 0 Å². The predicted molar refractivity (Wildman–Crippen MR) is 81.9 cm³/mol. The van der Waals surface area contributed by atoms with Crippen LogP contribution in [0, 0.1) is 17.8 Å². The first-order chi connectivity index (χ1) is 10.0. The van der Waals surface area contributed by atoms with E-state index in [-0.39, 0.29) is 17.7 Å². The summed E-state index contributed by atoms with van der Waals surface area (Å²) in [6, 6.07) is 0.366. The molecule has 21 heavy (non-hydrogen) atoms. The number of carboxylic acids is 1. The molecule has 2 saturated carbocycles. The SMILES string of the molecule is CCC1CCC(N(C)C(=O)C2CCCC(C(=O)O)C2)CC1. The first kappa shape index (κ1) is 16.3. The summed E-state index contributed by atoms with van der Waals surface area (Å²) in [7, 11) is 1.92. The van der Waals surface area contributed by atoms with Crippen molar-refractivity contribution in [3.05, 3.63) is 0 Å². The fourth-order valence-electron chi connectivity index (χ4n) is 4.05. The Bertz CT molecular complexity index is 374. The van der Waals surface area contributed by atoms with E-state index in [0.717, 1.165) is 38.0 Å². The van der Waals surface area contributed by atoms with Crippen LogP contribution in [0.3, 0.4) is 0 Å². The Labute approximate surface area is 127 Å². The fraction of sp³-hybridized carbons (Fsp3) is 0.882. The second-order valence-corrected chi connectivity index (χ2v) is 6.93. The van der Waals surface area contributed by atoms with Crippen LogP contribution in [0.5, 0.6) is 0 Å². The van der Waals surface area contributed by atoms with Gasteiger partial charge in [-0.3, -0.25) is 9.59 Å². The van der Waals surface area contributed by atoms with Gasteiger partial charge in [-0.15, -0.1) is 0 Å². The third-order valence-corrected chi connectivity index (χ3v) is 5.66. The standard InChI is InChI=1S/C17H29NO3/c1-3-12-7-9-15(10-8-12)18(2)16(19)13-5-4-6-14(11-13)17(20)21/h12-15H,3-11H2,1-2H3,(H,20,21). The molecule has 0 aromatic carbocycles. The van der Waals surface area contributed by atoms with Gasteiger partial charge in [-0.1, -0.05) is 19.8 Å². The van der Waals surface area contributed by atoms with Gasteiger partial charge >= 0.3 is 5.97 Å². The van der Waals surface area contributed by atoms with Gasteiger partial charge in [-0.2, -0.15) is 0 Å². The van der Waals surface area contributed by atoms with Gasteiger partial charge in [0.05, 0.1) is 5.92 Å². The van der Waals surface area contributed by atoms with Crippen molar-refractivity contribution < 1.29 is 14.7 Å². The smallest absolute Gasteiger partial charge is 0.306 e. The Morgan fingerprint density at radius 3 is 2.24 bits per heavy atom. The largest absolute Gasteiger partial charge is 0.481 e. The van der Waals surface area contributed by atoms with Crippen molar-refractivity contribution in [1.82, 2.24) is 4.90 Å². The van der Waals surface area contributed by atoms with E-state index in [4.69, 9.17) is 5.11 Å². The van der Waals surface area contributed by atoms with Crippen LogP contribution in [0.25, 0.3) is 0 Å². The molecule has 2 aliphatic carbocycles. The summed E-state index contributed by atoms with van der Waals surface area (Å²) < 4.78 is 0. The molecular weight excluding hydrogens is 266 g/mol. The second kappa shape index (κ2) is 7.28. The average molecular weight is 295 g/mol. The van der Waals surface area contributed by atoms with E-state index in [1.54, 1.807) is 0 Å². The lowest BCUT2D eigenvalue weighted by Crippen LogP contribution is -2.44. The second-order valence-electron chi connectivity index (χ2n) is 6.93.